The zero-order chi connectivity index (χ0) is 13.0. The third kappa shape index (κ3) is 3.23. The van der Waals surface area contributed by atoms with Crippen molar-refractivity contribution in [1.82, 2.24) is 10.2 Å². The predicted molar refractivity (Wildman–Crippen MR) is 71.4 cm³/mol. The Morgan fingerprint density at radius 3 is 2.72 bits per heavy atom. The molecule has 104 valence electrons. The highest BCUT2D eigenvalue weighted by Crippen LogP contribution is 2.22. The van der Waals surface area contributed by atoms with Crippen molar-refractivity contribution in [1.29, 1.82) is 0 Å². The largest absolute Gasteiger partial charge is 0.379 e. The van der Waals surface area contributed by atoms with Crippen LogP contribution in [0.15, 0.2) is 0 Å². The molecule has 4 heteroatoms. The van der Waals surface area contributed by atoms with E-state index in [1.807, 2.05) is 4.90 Å². The van der Waals surface area contributed by atoms with E-state index in [4.69, 9.17) is 4.74 Å². The first-order chi connectivity index (χ1) is 8.72. The summed E-state index contributed by atoms with van der Waals surface area (Å²) >= 11 is 0. The van der Waals surface area contributed by atoms with Gasteiger partial charge in [0.2, 0.25) is 5.91 Å². The summed E-state index contributed by atoms with van der Waals surface area (Å²) in [5.41, 5.74) is 0. The molecule has 1 N–H and O–H groups in total. The Kier molecular flexibility index (Phi) is 5.01. The lowest BCUT2D eigenvalue weighted by atomic mass is 9.96. The fourth-order valence-corrected chi connectivity index (χ4v) is 2.79. The molecule has 0 aromatic carbocycles. The molecule has 2 atom stereocenters. The number of carbonyl (C=O) groups excluding carboxylic acids is 1. The molecule has 4 nitrogen and oxygen atoms in total. The Bertz CT molecular complexity index is 275. The highest BCUT2D eigenvalue weighted by molar-refractivity contribution is 5.80. The minimum atomic E-state index is 0.0324. The Labute approximate surface area is 110 Å². The molecule has 2 aliphatic heterocycles. The summed E-state index contributed by atoms with van der Waals surface area (Å²) in [5.74, 6) is 1.10. The van der Waals surface area contributed by atoms with Crippen LogP contribution in [-0.2, 0) is 9.53 Å². The van der Waals surface area contributed by atoms with Crippen LogP contribution in [0.5, 0.6) is 0 Å². The third-order valence-electron chi connectivity index (χ3n) is 4.15. The number of nitrogens with one attached hydrogen (secondary N) is 1. The van der Waals surface area contributed by atoms with Gasteiger partial charge in [0, 0.05) is 19.1 Å². The van der Waals surface area contributed by atoms with Gasteiger partial charge in [0.25, 0.3) is 0 Å². The Morgan fingerprint density at radius 2 is 2.06 bits per heavy atom. The molecule has 0 saturated carbocycles. The summed E-state index contributed by atoms with van der Waals surface area (Å²) in [5, 5.41) is 3.44. The first-order valence-electron chi connectivity index (χ1n) is 7.32. The number of carbonyl (C=O) groups is 1. The van der Waals surface area contributed by atoms with E-state index in [1.165, 1.54) is 0 Å². The fraction of sp³-hybridized carbons (Fsp3) is 0.929. The zero-order valence-corrected chi connectivity index (χ0v) is 11.7. The molecule has 2 rings (SSSR count). The molecule has 0 aromatic rings. The number of likely N-dealkylation sites (tertiary alicyclic amines) is 1. The highest BCUT2D eigenvalue weighted by atomic mass is 16.5. The zero-order valence-electron chi connectivity index (χ0n) is 11.7. The van der Waals surface area contributed by atoms with E-state index in [0.717, 1.165) is 44.8 Å². The molecule has 18 heavy (non-hydrogen) atoms. The minimum absolute atomic E-state index is 0.0324. The average Bonchev–Trinajstić information content (AvgIpc) is 2.84. The standard InChI is InChI=1S/C14H26N2O2/c1-3-6-15-13-10-18-9-12(13)14(17)16-7-4-11(2)5-8-16/h11-13,15H,3-10H2,1-2H3. The number of piperidine rings is 1. The van der Waals surface area contributed by atoms with Gasteiger partial charge in [0.05, 0.1) is 19.1 Å². The lowest BCUT2D eigenvalue weighted by Crippen LogP contribution is -2.48. The topological polar surface area (TPSA) is 41.6 Å². The van der Waals surface area contributed by atoms with Gasteiger partial charge in [-0.05, 0) is 31.7 Å². The van der Waals surface area contributed by atoms with Crippen molar-refractivity contribution in [2.45, 2.75) is 39.2 Å². The van der Waals surface area contributed by atoms with E-state index >= 15 is 0 Å². The van der Waals surface area contributed by atoms with Gasteiger partial charge in [0.15, 0.2) is 0 Å². The summed E-state index contributed by atoms with van der Waals surface area (Å²) in [6.07, 6.45) is 3.39. The van der Waals surface area contributed by atoms with E-state index in [9.17, 15) is 4.79 Å². The molecular weight excluding hydrogens is 228 g/mol. The van der Waals surface area contributed by atoms with Crippen LogP contribution in [-0.4, -0.2) is 49.7 Å². The number of nitrogens with zero attached hydrogens (tertiary/aromatic N) is 1. The molecule has 2 saturated heterocycles. The lowest BCUT2D eigenvalue weighted by molar-refractivity contribution is -0.137. The van der Waals surface area contributed by atoms with Crippen molar-refractivity contribution in [3.05, 3.63) is 0 Å². The van der Waals surface area contributed by atoms with Crippen LogP contribution >= 0.6 is 0 Å². The maximum absolute atomic E-state index is 12.5. The van der Waals surface area contributed by atoms with Crippen molar-refractivity contribution >= 4 is 5.91 Å². The van der Waals surface area contributed by atoms with Gasteiger partial charge < -0.3 is 15.0 Å². The summed E-state index contributed by atoms with van der Waals surface area (Å²) in [7, 11) is 0. The maximum Gasteiger partial charge on any atom is 0.229 e. The van der Waals surface area contributed by atoms with Crippen molar-refractivity contribution in [2.75, 3.05) is 32.8 Å². The van der Waals surface area contributed by atoms with Crippen LogP contribution in [0.25, 0.3) is 0 Å². The summed E-state index contributed by atoms with van der Waals surface area (Å²) in [6, 6.07) is 0.219. The second-order valence-electron chi connectivity index (χ2n) is 5.71. The molecule has 2 aliphatic rings. The van der Waals surface area contributed by atoms with Crippen LogP contribution in [0, 0.1) is 11.8 Å². The first-order valence-corrected chi connectivity index (χ1v) is 7.32. The number of ether oxygens (including phenoxy) is 1. The quantitative estimate of drug-likeness (QED) is 0.821. The van der Waals surface area contributed by atoms with Gasteiger partial charge in [-0.1, -0.05) is 13.8 Å². The van der Waals surface area contributed by atoms with E-state index in [0.29, 0.717) is 19.1 Å². The van der Waals surface area contributed by atoms with Crippen LogP contribution in [0.4, 0.5) is 0 Å². The Balaban J connectivity index is 1.87. The molecule has 0 spiro atoms. The van der Waals surface area contributed by atoms with Crippen LogP contribution in [0.2, 0.25) is 0 Å². The maximum atomic E-state index is 12.5. The average molecular weight is 254 g/mol. The van der Waals surface area contributed by atoms with Gasteiger partial charge in [0.1, 0.15) is 0 Å². The van der Waals surface area contributed by atoms with Gasteiger partial charge in [-0.3, -0.25) is 4.79 Å². The summed E-state index contributed by atoms with van der Waals surface area (Å²) in [6.45, 7) is 8.51. The van der Waals surface area contributed by atoms with E-state index < -0.39 is 0 Å². The van der Waals surface area contributed by atoms with Crippen molar-refractivity contribution in [3.8, 4) is 0 Å². The second-order valence-corrected chi connectivity index (χ2v) is 5.71. The molecule has 0 aliphatic carbocycles. The normalized spacial score (nSPS) is 29.8. The van der Waals surface area contributed by atoms with Gasteiger partial charge in [-0.25, -0.2) is 0 Å². The van der Waals surface area contributed by atoms with E-state index in [-0.39, 0.29) is 12.0 Å². The Morgan fingerprint density at radius 1 is 1.33 bits per heavy atom. The molecule has 0 bridgehead atoms. The smallest absolute Gasteiger partial charge is 0.229 e. The van der Waals surface area contributed by atoms with Crippen molar-refractivity contribution < 1.29 is 9.53 Å². The van der Waals surface area contributed by atoms with E-state index in [2.05, 4.69) is 19.2 Å². The predicted octanol–water partition coefficient (Wildman–Crippen LogP) is 1.26. The van der Waals surface area contributed by atoms with Crippen molar-refractivity contribution in [3.63, 3.8) is 0 Å². The number of hydrogen-bond donors (Lipinski definition) is 1. The molecule has 1 amide bonds. The summed E-state index contributed by atoms with van der Waals surface area (Å²) in [4.78, 5) is 14.5. The van der Waals surface area contributed by atoms with Crippen LogP contribution in [0.1, 0.15) is 33.1 Å². The van der Waals surface area contributed by atoms with E-state index in [1.54, 1.807) is 0 Å². The van der Waals surface area contributed by atoms with Gasteiger partial charge >= 0.3 is 0 Å². The molecule has 2 unspecified atom stereocenters. The number of amides is 1. The SMILES string of the molecule is CCCNC1COCC1C(=O)N1CCC(C)CC1. The third-order valence-corrected chi connectivity index (χ3v) is 4.15. The van der Waals surface area contributed by atoms with Gasteiger partial charge in [-0.15, -0.1) is 0 Å². The van der Waals surface area contributed by atoms with Gasteiger partial charge in [-0.2, -0.15) is 0 Å². The van der Waals surface area contributed by atoms with Crippen LogP contribution < -0.4 is 5.32 Å². The molecule has 2 fully saturated rings. The first kappa shape index (κ1) is 13.8. The minimum Gasteiger partial charge on any atom is -0.379 e. The molecule has 0 radical (unpaired) electrons. The monoisotopic (exact) mass is 254 g/mol. The molecular formula is C14H26N2O2. The lowest BCUT2D eigenvalue weighted by Gasteiger charge is -2.33. The molecule has 0 aromatic heterocycles. The fourth-order valence-electron chi connectivity index (χ4n) is 2.79. The van der Waals surface area contributed by atoms with Crippen LogP contribution in [0.3, 0.4) is 0 Å². The second kappa shape index (κ2) is 6.53. The number of hydrogen-bond acceptors (Lipinski definition) is 3. The molecule has 2 heterocycles. The number of rotatable bonds is 4. The highest BCUT2D eigenvalue weighted by Gasteiger charge is 2.36. The van der Waals surface area contributed by atoms with Crippen molar-refractivity contribution in [2.24, 2.45) is 11.8 Å². The Hall–Kier alpha value is -0.610. The summed E-state index contributed by atoms with van der Waals surface area (Å²) < 4.78 is 5.49.